The summed E-state index contributed by atoms with van der Waals surface area (Å²) in [5, 5.41) is 0. The highest BCUT2D eigenvalue weighted by molar-refractivity contribution is 5.73. The molecule has 0 aliphatic carbocycles. The Labute approximate surface area is 96.4 Å². The number of aldehydes is 1. The number of benzene rings is 1. The molecule has 0 aliphatic heterocycles. The van der Waals surface area contributed by atoms with Crippen LogP contribution in [0, 0.1) is 0 Å². The number of H-pyrrole nitrogens is 1. The molecular weight excluding hydrogens is 220 g/mol. The van der Waals surface area contributed by atoms with Crippen LogP contribution in [-0.4, -0.2) is 15.8 Å². The predicted molar refractivity (Wildman–Crippen MR) is 62.3 cm³/mol. The molecule has 0 radical (unpaired) electrons. The third kappa shape index (κ3) is 2.39. The Balaban J connectivity index is 2.43. The zero-order valence-electron chi connectivity index (χ0n) is 8.92. The molecule has 1 aromatic carbocycles. The van der Waals surface area contributed by atoms with E-state index in [0.29, 0.717) is 12.8 Å². The molecule has 1 heterocycles. The Hall–Kier alpha value is -2.43. The first-order valence-electron chi connectivity index (χ1n) is 5.03. The van der Waals surface area contributed by atoms with Crippen LogP contribution in [0.2, 0.25) is 0 Å². The Bertz CT molecular complexity index is 641. The summed E-state index contributed by atoms with van der Waals surface area (Å²) >= 11 is 0. The van der Waals surface area contributed by atoms with E-state index < -0.39 is 11.2 Å². The first-order chi connectivity index (χ1) is 8.20. The van der Waals surface area contributed by atoms with Gasteiger partial charge in [-0.3, -0.25) is 19.1 Å². The maximum absolute atomic E-state index is 11.5. The summed E-state index contributed by atoms with van der Waals surface area (Å²) < 4.78 is 1.29. The number of carbonyl (C=O) groups is 1. The molecule has 5 heteroatoms. The number of nitrogens with one attached hydrogen (secondary N) is 1. The van der Waals surface area contributed by atoms with E-state index in [0.717, 1.165) is 5.56 Å². The van der Waals surface area contributed by atoms with Gasteiger partial charge in [0.1, 0.15) is 0 Å². The van der Waals surface area contributed by atoms with Gasteiger partial charge in [-0.25, -0.2) is 4.79 Å². The summed E-state index contributed by atoms with van der Waals surface area (Å²) in [5.41, 5.74) is -0.321. The SMILES string of the molecule is O=Cc1cn(Cc2ccccc2)c(=O)[nH]c1=O. The number of aromatic amines is 1. The van der Waals surface area contributed by atoms with Gasteiger partial charge in [0, 0.05) is 6.20 Å². The van der Waals surface area contributed by atoms with Gasteiger partial charge < -0.3 is 0 Å². The van der Waals surface area contributed by atoms with Crippen molar-refractivity contribution in [2.75, 3.05) is 0 Å². The molecular formula is C12H10N2O3. The van der Waals surface area contributed by atoms with E-state index in [4.69, 9.17) is 0 Å². The topological polar surface area (TPSA) is 71.9 Å². The molecule has 0 spiro atoms. The van der Waals surface area contributed by atoms with Crippen molar-refractivity contribution in [1.82, 2.24) is 9.55 Å². The van der Waals surface area contributed by atoms with Crippen molar-refractivity contribution in [3.63, 3.8) is 0 Å². The molecule has 2 rings (SSSR count). The van der Waals surface area contributed by atoms with Crippen LogP contribution in [0.25, 0.3) is 0 Å². The van der Waals surface area contributed by atoms with Crippen molar-refractivity contribution in [3.8, 4) is 0 Å². The molecule has 0 bridgehead atoms. The Kier molecular flexibility index (Phi) is 3.00. The zero-order valence-corrected chi connectivity index (χ0v) is 8.92. The van der Waals surface area contributed by atoms with Crippen LogP contribution in [-0.2, 0) is 6.54 Å². The minimum atomic E-state index is -0.658. The normalized spacial score (nSPS) is 10.1. The highest BCUT2D eigenvalue weighted by Crippen LogP contribution is 1.99. The van der Waals surface area contributed by atoms with Gasteiger partial charge in [-0.15, -0.1) is 0 Å². The Morgan fingerprint density at radius 1 is 1.18 bits per heavy atom. The second-order valence-corrected chi connectivity index (χ2v) is 3.58. The second-order valence-electron chi connectivity index (χ2n) is 3.58. The number of hydrogen-bond acceptors (Lipinski definition) is 3. The summed E-state index contributed by atoms with van der Waals surface area (Å²) in [5.74, 6) is 0. The summed E-state index contributed by atoms with van der Waals surface area (Å²) in [6.45, 7) is 0.317. The van der Waals surface area contributed by atoms with Gasteiger partial charge in [-0.05, 0) is 5.56 Å². The molecule has 0 atom stereocenters. The molecule has 0 aliphatic rings. The molecule has 1 aromatic heterocycles. The molecule has 1 N–H and O–H groups in total. The predicted octanol–water partition coefficient (Wildman–Crippen LogP) is 0.397. The van der Waals surface area contributed by atoms with Gasteiger partial charge in [-0.2, -0.15) is 0 Å². The van der Waals surface area contributed by atoms with E-state index in [-0.39, 0.29) is 5.56 Å². The van der Waals surface area contributed by atoms with E-state index in [1.165, 1.54) is 10.8 Å². The van der Waals surface area contributed by atoms with Crippen molar-refractivity contribution < 1.29 is 4.79 Å². The van der Waals surface area contributed by atoms with Crippen molar-refractivity contribution in [1.29, 1.82) is 0 Å². The summed E-state index contributed by atoms with van der Waals surface area (Å²) in [6.07, 6.45) is 1.70. The van der Waals surface area contributed by atoms with Gasteiger partial charge in [0.25, 0.3) is 5.56 Å². The maximum Gasteiger partial charge on any atom is 0.328 e. The van der Waals surface area contributed by atoms with Gasteiger partial charge >= 0.3 is 5.69 Å². The van der Waals surface area contributed by atoms with Crippen molar-refractivity contribution >= 4 is 6.29 Å². The smallest absolute Gasteiger partial charge is 0.298 e. The Morgan fingerprint density at radius 2 is 1.88 bits per heavy atom. The minimum absolute atomic E-state index is 0.0551. The average molecular weight is 230 g/mol. The van der Waals surface area contributed by atoms with E-state index in [1.807, 2.05) is 30.3 Å². The molecule has 0 amide bonds. The fourth-order valence-electron chi connectivity index (χ4n) is 1.51. The van der Waals surface area contributed by atoms with Gasteiger partial charge in [0.05, 0.1) is 12.1 Å². The van der Waals surface area contributed by atoms with Gasteiger partial charge in [0.15, 0.2) is 6.29 Å². The van der Waals surface area contributed by atoms with Crippen LogP contribution >= 0.6 is 0 Å². The van der Waals surface area contributed by atoms with Crippen LogP contribution in [0.15, 0.2) is 46.1 Å². The second kappa shape index (κ2) is 4.61. The number of rotatable bonds is 3. The average Bonchev–Trinajstić information content (AvgIpc) is 2.34. The van der Waals surface area contributed by atoms with Gasteiger partial charge in [0.2, 0.25) is 0 Å². The van der Waals surface area contributed by atoms with Crippen LogP contribution < -0.4 is 11.2 Å². The maximum atomic E-state index is 11.5. The molecule has 2 aromatic rings. The Morgan fingerprint density at radius 3 is 2.53 bits per heavy atom. The largest absolute Gasteiger partial charge is 0.328 e. The number of hydrogen-bond donors (Lipinski definition) is 1. The third-order valence-electron chi connectivity index (χ3n) is 2.36. The molecule has 0 saturated carbocycles. The first-order valence-corrected chi connectivity index (χ1v) is 5.03. The van der Waals surface area contributed by atoms with Crippen LogP contribution in [0.5, 0.6) is 0 Å². The van der Waals surface area contributed by atoms with Crippen molar-refractivity contribution in [2.45, 2.75) is 6.54 Å². The van der Waals surface area contributed by atoms with Crippen molar-refractivity contribution in [3.05, 3.63) is 68.5 Å². The number of carbonyl (C=O) groups excluding carboxylic acids is 1. The lowest BCUT2D eigenvalue weighted by Crippen LogP contribution is -2.31. The lowest BCUT2D eigenvalue weighted by molar-refractivity contribution is 0.112. The van der Waals surface area contributed by atoms with Crippen LogP contribution in [0.1, 0.15) is 15.9 Å². The molecule has 0 fully saturated rings. The lowest BCUT2D eigenvalue weighted by atomic mass is 10.2. The molecule has 0 saturated heterocycles. The molecule has 17 heavy (non-hydrogen) atoms. The molecule has 5 nitrogen and oxygen atoms in total. The number of aromatic nitrogens is 2. The highest BCUT2D eigenvalue weighted by Gasteiger charge is 2.03. The lowest BCUT2D eigenvalue weighted by Gasteiger charge is -2.05. The summed E-state index contributed by atoms with van der Waals surface area (Å²) in [6, 6.07) is 9.30. The third-order valence-corrected chi connectivity index (χ3v) is 2.36. The van der Waals surface area contributed by atoms with E-state index in [9.17, 15) is 14.4 Å². The highest BCUT2D eigenvalue weighted by atomic mass is 16.2. The molecule has 86 valence electrons. The van der Waals surface area contributed by atoms with E-state index >= 15 is 0 Å². The van der Waals surface area contributed by atoms with E-state index in [1.54, 1.807) is 0 Å². The monoisotopic (exact) mass is 230 g/mol. The zero-order chi connectivity index (χ0) is 12.3. The summed E-state index contributed by atoms with van der Waals surface area (Å²) in [4.78, 5) is 35.4. The van der Waals surface area contributed by atoms with Crippen molar-refractivity contribution in [2.24, 2.45) is 0 Å². The first kappa shape index (κ1) is 11.1. The van der Waals surface area contributed by atoms with Crippen LogP contribution in [0.4, 0.5) is 0 Å². The minimum Gasteiger partial charge on any atom is -0.298 e. The fourth-order valence-corrected chi connectivity index (χ4v) is 1.51. The summed E-state index contributed by atoms with van der Waals surface area (Å²) in [7, 11) is 0. The molecule has 0 unspecified atom stereocenters. The fraction of sp³-hybridized carbons (Fsp3) is 0.0833. The van der Waals surface area contributed by atoms with Crippen LogP contribution in [0.3, 0.4) is 0 Å². The van der Waals surface area contributed by atoms with E-state index in [2.05, 4.69) is 4.98 Å². The number of nitrogens with zero attached hydrogens (tertiary/aromatic N) is 1. The standard InChI is InChI=1S/C12H10N2O3/c15-8-10-7-14(12(17)13-11(10)16)6-9-4-2-1-3-5-9/h1-5,7-8H,6H2,(H,13,16,17). The van der Waals surface area contributed by atoms with Gasteiger partial charge in [-0.1, -0.05) is 30.3 Å². The quantitative estimate of drug-likeness (QED) is 0.775.